The summed E-state index contributed by atoms with van der Waals surface area (Å²) in [4.78, 5) is 40.4. The number of carbonyl (C=O) groups excluding carboxylic acids is 3. The number of nitrogens with zero attached hydrogens (tertiary/aromatic N) is 2. The van der Waals surface area contributed by atoms with Gasteiger partial charge in [-0.05, 0) is 63.8 Å². The summed E-state index contributed by atoms with van der Waals surface area (Å²) in [5, 5.41) is 15.7. The number of methoxy groups -OCH3 is 1. The smallest absolute Gasteiger partial charge is 0.410 e. The Hall–Kier alpha value is -3.11. The van der Waals surface area contributed by atoms with E-state index in [-0.39, 0.29) is 43.0 Å². The zero-order valence-electron chi connectivity index (χ0n) is 21.6. The van der Waals surface area contributed by atoms with Crippen molar-refractivity contribution in [2.24, 2.45) is 5.92 Å². The van der Waals surface area contributed by atoms with Crippen molar-refractivity contribution in [3.8, 4) is 0 Å². The maximum Gasteiger partial charge on any atom is 0.410 e. The van der Waals surface area contributed by atoms with E-state index in [1.807, 2.05) is 45.0 Å². The van der Waals surface area contributed by atoms with Gasteiger partial charge in [0.25, 0.3) is 5.91 Å². The quantitative estimate of drug-likeness (QED) is 0.439. The molecule has 10 heteroatoms. The molecule has 2 aliphatic rings. The van der Waals surface area contributed by atoms with Gasteiger partial charge in [0.05, 0.1) is 25.8 Å². The lowest BCUT2D eigenvalue weighted by Crippen LogP contribution is -2.44. The molecule has 0 radical (unpaired) electrons. The Morgan fingerprint density at radius 1 is 1.19 bits per heavy atom. The Bertz CT molecular complexity index is 970. The summed E-state index contributed by atoms with van der Waals surface area (Å²) in [6.45, 7) is 8.57. The van der Waals surface area contributed by atoms with Gasteiger partial charge in [-0.15, -0.1) is 0 Å². The van der Waals surface area contributed by atoms with E-state index < -0.39 is 11.6 Å². The highest BCUT2D eigenvalue weighted by Crippen LogP contribution is 2.23. The van der Waals surface area contributed by atoms with Crippen LogP contribution in [0.2, 0.25) is 0 Å². The summed E-state index contributed by atoms with van der Waals surface area (Å²) >= 11 is 0. The van der Waals surface area contributed by atoms with Crippen molar-refractivity contribution >= 4 is 23.7 Å². The number of likely N-dealkylation sites (tertiary alicyclic amines) is 1. The van der Waals surface area contributed by atoms with Crippen molar-refractivity contribution in [2.45, 2.75) is 45.8 Å². The van der Waals surface area contributed by atoms with Gasteiger partial charge in [-0.1, -0.05) is 12.1 Å². The first-order valence-corrected chi connectivity index (χ1v) is 12.4. The van der Waals surface area contributed by atoms with E-state index in [0.717, 1.165) is 31.5 Å². The maximum absolute atomic E-state index is 12.7. The normalized spacial score (nSPS) is 18.5. The summed E-state index contributed by atoms with van der Waals surface area (Å²) < 4.78 is 10.3. The van der Waals surface area contributed by atoms with Crippen molar-refractivity contribution in [3.05, 3.63) is 41.1 Å². The number of anilines is 1. The van der Waals surface area contributed by atoms with Crippen molar-refractivity contribution in [1.29, 1.82) is 0 Å². The lowest BCUT2D eigenvalue weighted by molar-refractivity contribution is -0.136. The second-order valence-electron chi connectivity index (χ2n) is 10.2. The van der Waals surface area contributed by atoms with Gasteiger partial charge in [0.2, 0.25) is 0 Å². The molecule has 1 fully saturated rings. The summed E-state index contributed by atoms with van der Waals surface area (Å²) in [6.07, 6.45) is 1.78. The number of β-amino-alcohol motifs (C(OH)–C–C–N with tert-alkyl or cyclic N) is 1. The minimum atomic E-state index is -0.569. The van der Waals surface area contributed by atoms with Gasteiger partial charge in [0, 0.05) is 31.9 Å². The lowest BCUT2D eigenvalue weighted by atomic mass is 9.98. The van der Waals surface area contributed by atoms with Crippen molar-refractivity contribution < 1.29 is 29.0 Å². The van der Waals surface area contributed by atoms with Crippen LogP contribution in [0.1, 0.15) is 39.2 Å². The van der Waals surface area contributed by atoms with E-state index in [2.05, 4.69) is 10.6 Å². The zero-order chi connectivity index (χ0) is 26.3. The number of hydrogen-bond acceptors (Lipinski definition) is 8. The predicted octanol–water partition coefficient (Wildman–Crippen LogP) is 2.10. The van der Waals surface area contributed by atoms with Crippen molar-refractivity contribution in [2.75, 3.05) is 51.8 Å². The Morgan fingerprint density at radius 3 is 2.56 bits per heavy atom. The minimum Gasteiger partial charge on any atom is -0.466 e. The Balaban J connectivity index is 1.51. The van der Waals surface area contributed by atoms with Crippen LogP contribution >= 0.6 is 0 Å². The zero-order valence-corrected chi connectivity index (χ0v) is 21.6. The highest BCUT2D eigenvalue weighted by atomic mass is 16.6. The standard InChI is InChI=1S/C26H38N4O6/c1-26(2,3)36-25(34)30-11-5-6-19(16-30)15-27-14-18-7-9-20(10-8-18)28-22-21(24(33)35-4)17-29(12-13-31)23(22)32/h7-10,19,27-28,31H,5-6,11-17H2,1-4H3. The molecule has 3 rings (SSSR count). The number of amides is 2. The van der Waals surface area contributed by atoms with Crippen LogP contribution < -0.4 is 10.6 Å². The molecule has 1 unspecified atom stereocenters. The van der Waals surface area contributed by atoms with E-state index in [1.165, 1.54) is 12.0 Å². The molecule has 1 saturated heterocycles. The van der Waals surface area contributed by atoms with Gasteiger partial charge in [-0.2, -0.15) is 0 Å². The largest absolute Gasteiger partial charge is 0.466 e. The second kappa shape index (κ2) is 12.2. The number of piperidine rings is 1. The molecule has 1 aromatic rings. The first-order valence-electron chi connectivity index (χ1n) is 12.4. The molecule has 36 heavy (non-hydrogen) atoms. The van der Waals surface area contributed by atoms with Crippen LogP contribution in [0.25, 0.3) is 0 Å². The van der Waals surface area contributed by atoms with E-state index >= 15 is 0 Å². The average molecular weight is 503 g/mol. The van der Waals surface area contributed by atoms with Gasteiger partial charge in [-0.25, -0.2) is 9.59 Å². The van der Waals surface area contributed by atoms with Crippen molar-refractivity contribution in [1.82, 2.24) is 15.1 Å². The van der Waals surface area contributed by atoms with E-state index in [4.69, 9.17) is 9.47 Å². The van der Waals surface area contributed by atoms with E-state index in [1.54, 1.807) is 4.90 Å². The molecule has 0 spiro atoms. The lowest BCUT2D eigenvalue weighted by Gasteiger charge is -2.34. The van der Waals surface area contributed by atoms with Crippen LogP contribution in [-0.2, 0) is 25.6 Å². The number of carbonyl (C=O) groups is 3. The first kappa shape index (κ1) is 27.5. The SMILES string of the molecule is COC(=O)C1=C(Nc2ccc(CNCC3CCCN(C(=O)OC(C)(C)C)C3)cc2)C(=O)N(CCO)C1. The summed E-state index contributed by atoms with van der Waals surface area (Å²) in [5.41, 5.74) is 1.67. The molecule has 1 atom stereocenters. The third-order valence-corrected chi connectivity index (χ3v) is 6.11. The van der Waals surface area contributed by atoms with Crippen molar-refractivity contribution in [3.63, 3.8) is 0 Å². The molecule has 3 N–H and O–H groups in total. The number of hydrogen-bond donors (Lipinski definition) is 3. The predicted molar refractivity (Wildman–Crippen MR) is 135 cm³/mol. The molecule has 2 heterocycles. The van der Waals surface area contributed by atoms with Crippen LogP contribution in [0.3, 0.4) is 0 Å². The summed E-state index contributed by atoms with van der Waals surface area (Å²) in [6, 6.07) is 7.61. The van der Waals surface area contributed by atoms with E-state index in [0.29, 0.717) is 24.7 Å². The third kappa shape index (κ3) is 7.44. The Kier molecular flexibility index (Phi) is 9.33. The number of esters is 1. The fourth-order valence-corrected chi connectivity index (χ4v) is 4.34. The van der Waals surface area contributed by atoms with Gasteiger partial charge < -0.3 is 35.0 Å². The molecule has 0 aliphatic carbocycles. The maximum atomic E-state index is 12.7. The number of benzene rings is 1. The Morgan fingerprint density at radius 2 is 1.92 bits per heavy atom. The van der Waals surface area contributed by atoms with Gasteiger partial charge in [0.15, 0.2) is 0 Å². The van der Waals surface area contributed by atoms with Gasteiger partial charge in [-0.3, -0.25) is 4.79 Å². The average Bonchev–Trinajstić information content (AvgIpc) is 3.14. The van der Waals surface area contributed by atoms with Gasteiger partial charge in [0.1, 0.15) is 11.3 Å². The molecule has 0 aromatic heterocycles. The Labute approximate surface area is 212 Å². The number of nitrogens with one attached hydrogen (secondary N) is 2. The highest BCUT2D eigenvalue weighted by Gasteiger charge is 2.34. The number of ether oxygens (including phenoxy) is 2. The van der Waals surface area contributed by atoms with Crippen LogP contribution in [0, 0.1) is 5.92 Å². The minimum absolute atomic E-state index is 0.100. The monoisotopic (exact) mass is 502 g/mol. The van der Waals surface area contributed by atoms with Crippen LogP contribution in [0.15, 0.2) is 35.5 Å². The van der Waals surface area contributed by atoms with Crippen LogP contribution in [-0.4, -0.2) is 84.9 Å². The van der Waals surface area contributed by atoms with E-state index in [9.17, 15) is 19.5 Å². The number of rotatable bonds is 9. The second-order valence-corrected chi connectivity index (χ2v) is 10.2. The summed E-state index contributed by atoms with van der Waals surface area (Å²) in [7, 11) is 1.27. The molecule has 198 valence electrons. The molecular formula is C26H38N4O6. The number of aliphatic hydroxyl groups is 1. The first-order chi connectivity index (χ1) is 17.1. The molecule has 1 aromatic carbocycles. The third-order valence-electron chi connectivity index (χ3n) is 6.11. The molecule has 2 amide bonds. The molecule has 0 bridgehead atoms. The van der Waals surface area contributed by atoms with Crippen LogP contribution in [0.4, 0.5) is 10.5 Å². The molecule has 10 nitrogen and oxygen atoms in total. The fraction of sp³-hybridized carbons (Fsp3) is 0.577. The fourth-order valence-electron chi connectivity index (χ4n) is 4.34. The highest BCUT2D eigenvalue weighted by molar-refractivity contribution is 6.08. The molecule has 2 aliphatic heterocycles. The topological polar surface area (TPSA) is 120 Å². The summed E-state index contributed by atoms with van der Waals surface area (Å²) in [5.74, 6) is -0.547. The van der Waals surface area contributed by atoms with Gasteiger partial charge >= 0.3 is 12.1 Å². The number of aliphatic hydroxyl groups excluding tert-OH is 1. The molecular weight excluding hydrogens is 464 g/mol. The van der Waals surface area contributed by atoms with Crippen LogP contribution in [0.5, 0.6) is 0 Å². The molecule has 0 saturated carbocycles.